The van der Waals surface area contributed by atoms with E-state index in [-0.39, 0.29) is 17.9 Å². The van der Waals surface area contributed by atoms with Gasteiger partial charge < -0.3 is 14.2 Å². The first-order valence-corrected chi connectivity index (χ1v) is 10.1. The summed E-state index contributed by atoms with van der Waals surface area (Å²) in [5.41, 5.74) is -1.00. The van der Waals surface area contributed by atoms with Gasteiger partial charge in [-0.05, 0) is 59.0 Å². The van der Waals surface area contributed by atoms with Crippen molar-refractivity contribution in [3.05, 3.63) is 35.5 Å². The molecule has 0 spiro atoms. The van der Waals surface area contributed by atoms with Crippen LogP contribution in [0.2, 0.25) is 0 Å². The average Bonchev–Trinajstić information content (AvgIpc) is 2.83. The Labute approximate surface area is 172 Å². The number of carbonyl (C=O) groups is 3. The van der Waals surface area contributed by atoms with Gasteiger partial charge in [0.2, 0.25) is 0 Å². The Morgan fingerprint density at radius 1 is 1.28 bits per heavy atom. The Morgan fingerprint density at radius 3 is 2.66 bits per heavy atom. The second kappa shape index (κ2) is 7.47. The third kappa shape index (κ3) is 3.32. The van der Waals surface area contributed by atoms with E-state index in [4.69, 9.17) is 14.2 Å². The highest BCUT2D eigenvalue weighted by atomic mass is 16.6. The van der Waals surface area contributed by atoms with E-state index >= 15 is 0 Å². The van der Waals surface area contributed by atoms with Gasteiger partial charge in [0.25, 0.3) is 0 Å². The summed E-state index contributed by atoms with van der Waals surface area (Å²) in [6, 6.07) is 0. The zero-order valence-corrected chi connectivity index (χ0v) is 17.9. The molecule has 1 aliphatic heterocycles. The summed E-state index contributed by atoms with van der Waals surface area (Å²) in [6.07, 6.45) is 10.5. The molecule has 0 aromatic heterocycles. The summed E-state index contributed by atoms with van der Waals surface area (Å²) in [7, 11) is 1.33. The highest BCUT2D eigenvalue weighted by molar-refractivity contribution is 5.88. The van der Waals surface area contributed by atoms with E-state index in [1.807, 2.05) is 13.8 Å². The minimum absolute atomic E-state index is 0.154. The van der Waals surface area contributed by atoms with E-state index in [1.165, 1.54) is 19.6 Å². The normalized spacial score (nSPS) is 36.7. The number of methoxy groups -OCH3 is 1. The molecule has 29 heavy (non-hydrogen) atoms. The van der Waals surface area contributed by atoms with Gasteiger partial charge in [0.05, 0.1) is 7.11 Å². The molecule has 1 heterocycles. The van der Waals surface area contributed by atoms with Crippen LogP contribution < -0.4 is 0 Å². The number of hydrogen-bond donors (Lipinski definition) is 0. The van der Waals surface area contributed by atoms with Crippen LogP contribution in [0.3, 0.4) is 0 Å². The number of hydrogen-bond acceptors (Lipinski definition) is 6. The van der Waals surface area contributed by atoms with Crippen molar-refractivity contribution in [1.82, 2.24) is 0 Å². The Morgan fingerprint density at radius 2 is 2.00 bits per heavy atom. The molecule has 6 nitrogen and oxygen atoms in total. The van der Waals surface area contributed by atoms with E-state index in [9.17, 15) is 14.4 Å². The monoisotopic (exact) mass is 402 g/mol. The average molecular weight is 402 g/mol. The minimum atomic E-state index is -0.933. The van der Waals surface area contributed by atoms with Gasteiger partial charge in [-0.2, -0.15) is 0 Å². The van der Waals surface area contributed by atoms with E-state index in [1.54, 1.807) is 25.2 Å². The SMILES string of the molecule is COC(=O)/C(C)=C/C=C/[C@]1(C)OC(=O)[C@]23CC=C(C)CC[C@]2(OC(C)=O)[C@H]1CC3. The van der Waals surface area contributed by atoms with Crippen LogP contribution >= 0.6 is 0 Å². The quantitative estimate of drug-likeness (QED) is 0.234. The van der Waals surface area contributed by atoms with E-state index in [0.717, 1.165) is 12.8 Å². The van der Waals surface area contributed by atoms with Gasteiger partial charge >= 0.3 is 17.9 Å². The number of rotatable bonds is 4. The topological polar surface area (TPSA) is 78.9 Å². The lowest BCUT2D eigenvalue weighted by molar-refractivity contribution is -0.235. The van der Waals surface area contributed by atoms with E-state index in [0.29, 0.717) is 24.8 Å². The summed E-state index contributed by atoms with van der Waals surface area (Å²) >= 11 is 0. The molecule has 3 rings (SSSR count). The zero-order chi connectivity index (χ0) is 21.4. The molecule has 2 aliphatic carbocycles. The second-order valence-corrected chi connectivity index (χ2v) is 8.68. The fraction of sp³-hybridized carbons (Fsp3) is 0.609. The molecule has 0 N–H and O–H groups in total. The molecule has 2 fully saturated rings. The van der Waals surface area contributed by atoms with Crippen LogP contribution in [-0.2, 0) is 28.6 Å². The molecule has 0 aromatic carbocycles. The van der Waals surface area contributed by atoms with Crippen molar-refractivity contribution in [2.45, 2.75) is 71.0 Å². The van der Waals surface area contributed by atoms with Crippen molar-refractivity contribution < 1.29 is 28.6 Å². The molecule has 0 aromatic rings. The van der Waals surface area contributed by atoms with Crippen molar-refractivity contribution in [1.29, 1.82) is 0 Å². The Hall–Kier alpha value is -2.37. The maximum Gasteiger partial charge on any atom is 0.333 e. The van der Waals surface area contributed by atoms with Crippen molar-refractivity contribution in [3.63, 3.8) is 0 Å². The number of cyclic esters (lactones) is 1. The highest BCUT2D eigenvalue weighted by Gasteiger charge is 2.74. The van der Waals surface area contributed by atoms with Crippen LogP contribution in [-0.4, -0.2) is 36.2 Å². The standard InChI is InChI=1S/C23H30O6/c1-15-8-12-22-13-10-18(23(22,14-9-15)28-17(3)24)21(4,29-20(22)26)11-6-7-16(2)19(25)27-5/h6-8,11,18H,9-10,12-14H2,1-5H3/b11-6+,16-7+/t18-,21-,22+,23-/m0/s1. The molecule has 0 unspecified atom stereocenters. The molecule has 2 bridgehead atoms. The molecule has 0 radical (unpaired) electrons. The fourth-order valence-corrected chi connectivity index (χ4v) is 5.41. The lowest BCUT2D eigenvalue weighted by atomic mass is 9.62. The number of allylic oxidation sites excluding steroid dienone is 4. The van der Waals surface area contributed by atoms with Gasteiger partial charge in [0, 0.05) is 18.4 Å². The first kappa shape index (κ1) is 21.3. The van der Waals surface area contributed by atoms with E-state index < -0.39 is 22.6 Å². The Kier molecular flexibility index (Phi) is 5.50. The lowest BCUT2D eigenvalue weighted by Crippen LogP contribution is -2.65. The van der Waals surface area contributed by atoms with Crippen LogP contribution in [0.25, 0.3) is 0 Å². The third-order valence-corrected chi connectivity index (χ3v) is 6.92. The highest BCUT2D eigenvalue weighted by Crippen LogP contribution is 2.65. The fourth-order valence-electron chi connectivity index (χ4n) is 5.41. The first-order chi connectivity index (χ1) is 13.6. The van der Waals surface area contributed by atoms with Crippen LogP contribution in [0.4, 0.5) is 0 Å². The molecular weight excluding hydrogens is 372 g/mol. The summed E-state index contributed by atoms with van der Waals surface area (Å²) < 4.78 is 16.7. The minimum Gasteiger partial charge on any atom is -0.466 e. The molecule has 158 valence electrons. The molecule has 3 aliphatic rings. The van der Waals surface area contributed by atoms with Crippen LogP contribution in [0.5, 0.6) is 0 Å². The Bertz CT molecular complexity index is 821. The summed E-state index contributed by atoms with van der Waals surface area (Å²) in [4.78, 5) is 37.1. The van der Waals surface area contributed by atoms with Crippen molar-refractivity contribution in [3.8, 4) is 0 Å². The predicted molar refractivity (Wildman–Crippen MR) is 107 cm³/mol. The molecule has 1 saturated carbocycles. The second-order valence-electron chi connectivity index (χ2n) is 8.68. The van der Waals surface area contributed by atoms with Crippen molar-refractivity contribution in [2.24, 2.45) is 11.3 Å². The first-order valence-electron chi connectivity index (χ1n) is 10.1. The summed E-state index contributed by atoms with van der Waals surface area (Å²) in [5, 5.41) is 0. The summed E-state index contributed by atoms with van der Waals surface area (Å²) in [6.45, 7) is 6.97. The van der Waals surface area contributed by atoms with Crippen molar-refractivity contribution in [2.75, 3.05) is 7.11 Å². The molecule has 1 saturated heterocycles. The molecular formula is C23H30O6. The maximum absolute atomic E-state index is 13.4. The summed E-state index contributed by atoms with van der Waals surface area (Å²) in [5.74, 6) is -1.25. The number of carbonyl (C=O) groups excluding carboxylic acids is 3. The van der Waals surface area contributed by atoms with Crippen LogP contribution in [0.15, 0.2) is 35.5 Å². The third-order valence-electron chi connectivity index (χ3n) is 6.92. The smallest absolute Gasteiger partial charge is 0.333 e. The maximum atomic E-state index is 13.4. The van der Waals surface area contributed by atoms with Gasteiger partial charge in [-0.15, -0.1) is 0 Å². The van der Waals surface area contributed by atoms with Gasteiger partial charge in [-0.3, -0.25) is 9.59 Å². The van der Waals surface area contributed by atoms with Gasteiger partial charge in [0.15, 0.2) is 0 Å². The zero-order valence-electron chi connectivity index (χ0n) is 17.9. The molecule has 4 atom stereocenters. The van der Waals surface area contributed by atoms with Crippen LogP contribution in [0, 0.1) is 11.3 Å². The van der Waals surface area contributed by atoms with Gasteiger partial charge in [0.1, 0.15) is 16.6 Å². The number of ether oxygens (including phenoxy) is 3. The molecule has 6 heteroatoms. The van der Waals surface area contributed by atoms with Crippen LogP contribution in [0.1, 0.15) is 59.8 Å². The predicted octanol–water partition coefficient (Wildman–Crippen LogP) is 3.81. The Balaban J connectivity index is 2.03. The largest absolute Gasteiger partial charge is 0.466 e. The van der Waals surface area contributed by atoms with Gasteiger partial charge in [-0.1, -0.05) is 23.8 Å². The van der Waals surface area contributed by atoms with Gasteiger partial charge in [-0.25, -0.2) is 4.79 Å². The van der Waals surface area contributed by atoms with E-state index in [2.05, 4.69) is 6.08 Å². The lowest BCUT2D eigenvalue weighted by Gasteiger charge is -2.54. The number of esters is 3. The molecule has 0 amide bonds. The van der Waals surface area contributed by atoms with Crippen molar-refractivity contribution >= 4 is 17.9 Å².